The summed E-state index contributed by atoms with van der Waals surface area (Å²) in [6.45, 7) is 3.01. The van der Waals surface area contributed by atoms with Gasteiger partial charge in [0.15, 0.2) is 0 Å². The summed E-state index contributed by atoms with van der Waals surface area (Å²) in [5, 5.41) is 92.9. The Morgan fingerprint density at radius 2 is 0.600 bits per heavy atom. The molecule has 2 unspecified atom stereocenters. The van der Waals surface area contributed by atoms with Crippen molar-refractivity contribution in [1.82, 2.24) is 44.1 Å². The van der Waals surface area contributed by atoms with Crippen molar-refractivity contribution in [3.63, 3.8) is 0 Å². The highest BCUT2D eigenvalue weighted by molar-refractivity contribution is 5.68. The lowest BCUT2D eigenvalue weighted by atomic mass is 10.2. The lowest BCUT2D eigenvalue weighted by Crippen LogP contribution is -2.53. The Bertz CT molecular complexity index is 1350. The molecule has 0 saturated carbocycles. The molecule has 0 aromatic heterocycles. The third kappa shape index (κ3) is 32.2. The summed E-state index contributed by atoms with van der Waals surface area (Å²) in [7, 11) is 1.57. The summed E-state index contributed by atoms with van der Waals surface area (Å²) in [5.74, 6) is -8.01. The zero-order chi connectivity index (χ0) is 51.7. The molecule has 2 saturated heterocycles. The van der Waals surface area contributed by atoms with Crippen LogP contribution in [0, 0.1) is 0 Å². The lowest BCUT2D eigenvalue weighted by Gasteiger charge is -2.36. The first-order valence-corrected chi connectivity index (χ1v) is 23.7. The summed E-state index contributed by atoms with van der Waals surface area (Å²) in [4.78, 5) is 84.6. The predicted molar refractivity (Wildman–Crippen MR) is 234 cm³/mol. The van der Waals surface area contributed by atoms with E-state index < -0.39 is 87.3 Å². The number of aliphatic hydroxyl groups is 2. The number of carboxylic acid groups (broad SMARTS) is 6. The van der Waals surface area contributed by atoms with Gasteiger partial charge in [0, 0.05) is 184 Å². The van der Waals surface area contributed by atoms with Crippen LogP contribution in [-0.2, 0) is 47.7 Å². The highest BCUT2D eigenvalue weighted by Crippen LogP contribution is 2.07. The standard InChI is InChI=1S/C43H81N9O18/c1-67-20-21-69-24-25-70-23-22-68-19-18-52(28-36(53)26-44-2-6-46(30-38(55)56)10-14-50(34-42(63)64)15-11-47(7-3-44)31-39(57)58)29-37(54)27-45-4-8-48(32-40(59)60)12-16-51(35-43(65)66)17-13-49(9-5-45)33-41(61)62/h36-37,53-54H,2-35H2,1H3,(H,55,56)(H,57,58)(H,59,60)(H,61,62)(H,63,64)(H,65,66)/p-6. The zero-order valence-corrected chi connectivity index (χ0v) is 40.6. The van der Waals surface area contributed by atoms with Gasteiger partial charge in [0.05, 0.1) is 94.3 Å². The summed E-state index contributed by atoms with van der Waals surface area (Å²) in [6.07, 6.45) is -2.11. The number of ether oxygens (including phenoxy) is 4. The Morgan fingerprint density at radius 1 is 0.386 bits per heavy atom. The fourth-order valence-electron chi connectivity index (χ4n) is 8.01. The van der Waals surface area contributed by atoms with Crippen LogP contribution in [0.5, 0.6) is 0 Å². The molecule has 0 aromatic rings. The Balaban J connectivity index is 2.27. The van der Waals surface area contributed by atoms with Crippen LogP contribution in [0.3, 0.4) is 0 Å². The molecule has 2 N–H and O–H groups in total. The van der Waals surface area contributed by atoms with Crippen molar-refractivity contribution >= 4 is 35.8 Å². The number of rotatable bonds is 32. The van der Waals surface area contributed by atoms with Crippen molar-refractivity contribution in [2.24, 2.45) is 0 Å². The van der Waals surface area contributed by atoms with Gasteiger partial charge in [0.1, 0.15) is 0 Å². The van der Waals surface area contributed by atoms with Gasteiger partial charge in [0.2, 0.25) is 0 Å². The second kappa shape index (κ2) is 37.0. The smallest absolute Gasteiger partial charge is 0.0793 e. The van der Waals surface area contributed by atoms with E-state index in [9.17, 15) is 69.6 Å². The molecule has 0 spiro atoms. The summed E-state index contributed by atoms with van der Waals surface area (Å²) >= 11 is 0. The Kier molecular flexibility index (Phi) is 33.0. The molecule has 2 heterocycles. The Morgan fingerprint density at radius 3 is 0.829 bits per heavy atom. The van der Waals surface area contributed by atoms with E-state index in [2.05, 4.69) is 0 Å². The molecule has 2 aliphatic rings. The molecule has 406 valence electrons. The number of hydrogen-bond donors (Lipinski definition) is 2. The quantitative estimate of drug-likeness (QED) is 0.0591. The first-order chi connectivity index (χ1) is 33.4. The van der Waals surface area contributed by atoms with Gasteiger partial charge in [-0.05, 0) is 0 Å². The van der Waals surface area contributed by atoms with Gasteiger partial charge in [-0.25, -0.2) is 0 Å². The molecular formula is C43H75N9O18-6. The fraction of sp³-hybridized carbons (Fsp3) is 0.860. The van der Waals surface area contributed by atoms with E-state index in [1.165, 1.54) is 9.80 Å². The van der Waals surface area contributed by atoms with Gasteiger partial charge in [-0.1, -0.05) is 0 Å². The highest BCUT2D eigenvalue weighted by atomic mass is 16.6. The molecule has 2 rings (SSSR count). The first-order valence-electron chi connectivity index (χ1n) is 23.7. The summed E-state index contributed by atoms with van der Waals surface area (Å²) in [5.41, 5.74) is 0. The highest BCUT2D eigenvalue weighted by Gasteiger charge is 2.24. The number of methoxy groups -OCH3 is 1. The third-order valence-corrected chi connectivity index (χ3v) is 11.6. The van der Waals surface area contributed by atoms with Crippen molar-refractivity contribution in [3.8, 4) is 0 Å². The molecule has 0 aromatic carbocycles. The number of carboxylic acids is 6. The summed E-state index contributed by atoms with van der Waals surface area (Å²) < 4.78 is 21.7. The van der Waals surface area contributed by atoms with Crippen LogP contribution in [0.15, 0.2) is 0 Å². The SMILES string of the molecule is COCCOCCOCCOCCN(CC(O)CN1CCN(CC(=O)[O-])CCN(CC(=O)[O-])CCN(CC(=O)[O-])CC1)CC(O)CN1CCN(CC(=O)[O-])CCN(CC(=O)[O-])CCN(CC(=O)[O-])CC1. The van der Waals surface area contributed by atoms with Crippen molar-refractivity contribution in [3.05, 3.63) is 0 Å². The van der Waals surface area contributed by atoms with Gasteiger partial charge in [-0.2, -0.15) is 0 Å². The predicted octanol–water partition coefficient (Wildman–Crippen LogP) is -13.4. The third-order valence-electron chi connectivity index (χ3n) is 11.6. The molecule has 2 atom stereocenters. The normalized spacial score (nSPS) is 19.4. The van der Waals surface area contributed by atoms with Crippen molar-refractivity contribution in [1.29, 1.82) is 0 Å². The minimum atomic E-state index is -1.34. The van der Waals surface area contributed by atoms with E-state index in [0.29, 0.717) is 26.4 Å². The second-order valence-corrected chi connectivity index (χ2v) is 17.4. The van der Waals surface area contributed by atoms with Crippen molar-refractivity contribution in [2.75, 3.05) is 230 Å². The van der Waals surface area contributed by atoms with E-state index >= 15 is 0 Å². The molecular weight excluding hydrogens is 931 g/mol. The van der Waals surface area contributed by atoms with Crippen LogP contribution < -0.4 is 30.6 Å². The number of β-amino-alcohol motifs (C(OH)–C–C–N with tert-alkyl or cyclic N) is 2. The number of carbonyl (C=O) groups is 6. The van der Waals surface area contributed by atoms with Crippen LogP contribution in [0.2, 0.25) is 0 Å². The first kappa shape index (κ1) is 62.3. The number of nitrogens with zero attached hydrogens (tertiary/aromatic N) is 9. The summed E-state index contributed by atoms with van der Waals surface area (Å²) in [6, 6.07) is 0. The van der Waals surface area contributed by atoms with E-state index in [1.54, 1.807) is 31.6 Å². The van der Waals surface area contributed by atoms with Crippen molar-refractivity contribution in [2.45, 2.75) is 12.2 Å². The molecule has 0 bridgehead atoms. The van der Waals surface area contributed by atoms with Crippen LogP contribution in [0.25, 0.3) is 0 Å². The van der Waals surface area contributed by atoms with Gasteiger partial charge < -0.3 is 88.6 Å². The minimum absolute atomic E-state index is 0.0249. The zero-order valence-electron chi connectivity index (χ0n) is 40.6. The molecule has 0 radical (unpaired) electrons. The maximum Gasteiger partial charge on any atom is 0.0793 e. The number of aliphatic hydroxyl groups excluding tert-OH is 2. The molecule has 2 fully saturated rings. The van der Waals surface area contributed by atoms with E-state index in [-0.39, 0.29) is 157 Å². The number of hydrogen-bond acceptors (Lipinski definition) is 27. The van der Waals surface area contributed by atoms with Crippen LogP contribution in [0.1, 0.15) is 0 Å². The molecule has 0 amide bonds. The molecule has 0 aliphatic carbocycles. The fourth-order valence-corrected chi connectivity index (χ4v) is 8.01. The van der Waals surface area contributed by atoms with E-state index in [4.69, 9.17) is 18.9 Å². The van der Waals surface area contributed by atoms with Crippen LogP contribution in [0.4, 0.5) is 0 Å². The molecule has 27 heteroatoms. The largest absolute Gasteiger partial charge is 0.549 e. The average molecular weight is 1010 g/mol. The second-order valence-electron chi connectivity index (χ2n) is 17.4. The van der Waals surface area contributed by atoms with E-state index in [0.717, 1.165) is 0 Å². The van der Waals surface area contributed by atoms with Gasteiger partial charge in [0.25, 0.3) is 0 Å². The Labute approximate surface area is 410 Å². The van der Waals surface area contributed by atoms with E-state index in [1.807, 2.05) is 9.80 Å². The molecule has 70 heavy (non-hydrogen) atoms. The van der Waals surface area contributed by atoms with Crippen molar-refractivity contribution < 1.29 is 88.6 Å². The molecule has 2 aliphatic heterocycles. The van der Waals surface area contributed by atoms with Gasteiger partial charge in [-0.3, -0.25) is 44.1 Å². The van der Waals surface area contributed by atoms with Gasteiger partial charge in [-0.15, -0.1) is 0 Å². The minimum Gasteiger partial charge on any atom is -0.549 e. The van der Waals surface area contributed by atoms with Gasteiger partial charge >= 0.3 is 0 Å². The van der Waals surface area contributed by atoms with Crippen LogP contribution in [-0.4, -0.2) is 332 Å². The monoisotopic (exact) mass is 1010 g/mol. The maximum absolute atomic E-state index is 11.7. The van der Waals surface area contributed by atoms with Crippen LogP contribution >= 0.6 is 0 Å². The molecule has 27 nitrogen and oxygen atoms in total. The number of aliphatic carboxylic acids is 6. The topological polar surface area (TPSA) is 347 Å². The maximum atomic E-state index is 11.7. The number of carbonyl (C=O) groups excluding carboxylic acids is 6. The lowest BCUT2D eigenvalue weighted by molar-refractivity contribution is -0.308. The Hall–Kier alpha value is -3.78. The average Bonchev–Trinajstić information content (AvgIpc) is 3.26.